The molecule has 2 aromatic rings. The van der Waals surface area contributed by atoms with Crippen molar-refractivity contribution in [2.75, 3.05) is 7.05 Å². The Hall–Kier alpha value is -1.77. The van der Waals surface area contributed by atoms with Crippen LogP contribution in [-0.4, -0.2) is 24.7 Å². The van der Waals surface area contributed by atoms with Crippen molar-refractivity contribution in [3.8, 4) is 0 Å². The van der Waals surface area contributed by atoms with Gasteiger partial charge in [-0.15, -0.1) is 11.3 Å². The second kappa shape index (κ2) is 5.70. The molecule has 0 radical (unpaired) electrons. The number of sulfonamides is 1. The van der Waals surface area contributed by atoms with Gasteiger partial charge in [0.05, 0.1) is 9.82 Å². The van der Waals surface area contributed by atoms with Crippen LogP contribution in [0.5, 0.6) is 0 Å². The number of nitro benzene ring substituents is 1. The fraction of sp³-hybridized carbons (Fsp3) is 0.167. The van der Waals surface area contributed by atoms with Crippen LogP contribution in [0.3, 0.4) is 0 Å². The minimum Gasteiger partial charge on any atom is -0.258 e. The molecule has 0 aliphatic heterocycles. The molecule has 0 atom stereocenters. The smallest absolute Gasteiger partial charge is 0.258 e. The lowest BCUT2D eigenvalue weighted by molar-refractivity contribution is -0.385. The summed E-state index contributed by atoms with van der Waals surface area (Å²) in [6, 6.07) is 8.73. The maximum absolute atomic E-state index is 12.3. The molecule has 0 unspecified atom stereocenters. The van der Waals surface area contributed by atoms with E-state index in [4.69, 9.17) is 0 Å². The van der Waals surface area contributed by atoms with E-state index in [1.165, 1.54) is 40.9 Å². The van der Waals surface area contributed by atoms with Crippen LogP contribution < -0.4 is 0 Å². The van der Waals surface area contributed by atoms with Crippen LogP contribution in [0.4, 0.5) is 5.69 Å². The van der Waals surface area contributed by atoms with Crippen LogP contribution in [-0.2, 0) is 16.6 Å². The van der Waals surface area contributed by atoms with Gasteiger partial charge in [-0.1, -0.05) is 12.1 Å². The average Bonchev–Trinajstić information content (AvgIpc) is 2.91. The Labute approximate surface area is 120 Å². The molecule has 0 fully saturated rings. The molecule has 0 N–H and O–H groups in total. The fourth-order valence-electron chi connectivity index (χ4n) is 1.64. The number of hydrogen-bond acceptors (Lipinski definition) is 5. The van der Waals surface area contributed by atoms with Gasteiger partial charge in [-0.05, 0) is 17.5 Å². The molecule has 20 heavy (non-hydrogen) atoms. The van der Waals surface area contributed by atoms with E-state index in [0.717, 1.165) is 10.9 Å². The van der Waals surface area contributed by atoms with Crippen LogP contribution in [0, 0.1) is 10.1 Å². The molecule has 0 bridgehead atoms. The lowest BCUT2D eigenvalue weighted by atomic mass is 10.3. The van der Waals surface area contributed by atoms with Crippen LogP contribution in [0.15, 0.2) is 46.7 Å². The van der Waals surface area contributed by atoms with Crippen LogP contribution in [0.25, 0.3) is 0 Å². The normalized spacial score (nSPS) is 11.7. The second-order valence-electron chi connectivity index (χ2n) is 4.09. The number of rotatable bonds is 5. The summed E-state index contributed by atoms with van der Waals surface area (Å²) in [5.74, 6) is 0. The van der Waals surface area contributed by atoms with Crippen molar-refractivity contribution in [2.24, 2.45) is 0 Å². The van der Waals surface area contributed by atoms with Gasteiger partial charge in [-0.2, -0.15) is 4.31 Å². The quantitative estimate of drug-likeness (QED) is 0.627. The zero-order valence-electron chi connectivity index (χ0n) is 10.6. The van der Waals surface area contributed by atoms with Gasteiger partial charge in [0.25, 0.3) is 5.69 Å². The zero-order valence-corrected chi connectivity index (χ0v) is 12.2. The van der Waals surface area contributed by atoms with Gasteiger partial charge in [0.15, 0.2) is 0 Å². The zero-order chi connectivity index (χ0) is 14.8. The fourth-order valence-corrected chi connectivity index (χ4v) is 3.67. The third-order valence-electron chi connectivity index (χ3n) is 2.70. The number of hydrogen-bond donors (Lipinski definition) is 0. The third kappa shape index (κ3) is 3.03. The molecule has 106 valence electrons. The van der Waals surface area contributed by atoms with Crippen molar-refractivity contribution in [3.05, 3.63) is 56.8 Å². The number of benzene rings is 1. The van der Waals surface area contributed by atoms with Crippen LogP contribution in [0.2, 0.25) is 0 Å². The largest absolute Gasteiger partial charge is 0.270 e. The van der Waals surface area contributed by atoms with Crippen molar-refractivity contribution in [1.82, 2.24) is 4.31 Å². The Balaban J connectivity index is 2.29. The van der Waals surface area contributed by atoms with Gasteiger partial charge in [-0.25, -0.2) is 8.42 Å². The molecule has 2 rings (SSSR count). The Morgan fingerprint density at radius 1 is 1.30 bits per heavy atom. The van der Waals surface area contributed by atoms with Crippen molar-refractivity contribution in [1.29, 1.82) is 0 Å². The summed E-state index contributed by atoms with van der Waals surface area (Å²) in [6.45, 7) is 0.239. The highest BCUT2D eigenvalue weighted by Gasteiger charge is 2.23. The Morgan fingerprint density at radius 2 is 2.05 bits per heavy atom. The predicted octanol–water partition coefficient (Wildman–Crippen LogP) is 2.48. The van der Waals surface area contributed by atoms with Crippen molar-refractivity contribution in [2.45, 2.75) is 11.4 Å². The first kappa shape index (κ1) is 14.6. The highest BCUT2D eigenvalue weighted by atomic mass is 32.2. The SMILES string of the molecule is CN(Cc1cccs1)S(=O)(=O)c1cccc([N+](=O)[O-])c1. The van der Waals surface area contributed by atoms with Crippen molar-refractivity contribution in [3.63, 3.8) is 0 Å². The summed E-state index contributed by atoms with van der Waals surface area (Å²) in [5, 5.41) is 12.6. The lowest BCUT2D eigenvalue weighted by Crippen LogP contribution is -2.26. The van der Waals surface area contributed by atoms with E-state index in [-0.39, 0.29) is 17.1 Å². The van der Waals surface area contributed by atoms with Gasteiger partial charge in [0, 0.05) is 30.6 Å². The van der Waals surface area contributed by atoms with E-state index in [1.807, 2.05) is 17.5 Å². The van der Waals surface area contributed by atoms with E-state index < -0.39 is 14.9 Å². The number of nitro groups is 1. The van der Waals surface area contributed by atoms with Gasteiger partial charge in [0.2, 0.25) is 10.0 Å². The van der Waals surface area contributed by atoms with Crippen LogP contribution in [0.1, 0.15) is 4.88 Å². The highest BCUT2D eigenvalue weighted by molar-refractivity contribution is 7.89. The van der Waals surface area contributed by atoms with Crippen LogP contribution >= 0.6 is 11.3 Å². The average molecular weight is 312 g/mol. The monoisotopic (exact) mass is 312 g/mol. The minimum atomic E-state index is -3.74. The molecule has 0 saturated carbocycles. The number of non-ortho nitro benzene ring substituents is 1. The second-order valence-corrected chi connectivity index (χ2v) is 7.17. The molecule has 1 heterocycles. The van der Waals surface area contributed by atoms with E-state index in [2.05, 4.69) is 0 Å². The minimum absolute atomic E-state index is 0.0780. The Kier molecular flexibility index (Phi) is 4.17. The van der Waals surface area contributed by atoms with Gasteiger partial charge < -0.3 is 0 Å². The molecule has 1 aromatic heterocycles. The summed E-state index contributed by atoms with van der Waals surface area (Å²) < 4.78 is 25.9. The van der Waals surface area contributed by atoms with Crippen molar-refractivity contribution >= 4 is 27.0 Å². The number of nitrogens with zero attached hydrogens (tertiary/aromatic N) is 2. The standard InChI is InChI=1S/C12H12N2O4S2/c1-13(9-11-5-3-7-19-11)20(17,18)12-6-2-4-10(8-12)14(15)16/h2-8H,9H2,1H3. The summed E-state index contributed by atoms with van der Waals surface area (Å²) in [6.07, 6.45) is 0. The molecular formula is C12H12N2O4S2. The predicted molar refractivity (Wildman–Crippen MR) is 76.1 cm³/mol. The first-order valence-electron chi connectivity index (χ1n) is 5.64. The van der Waals surface area contributed by atoms with E-state index in [9.17, 15) is 18.5 Å². The summed E-state index contributed by atoms with van der Waals surface area (Å²) >= 11 is 1.46. The first-order chi connectivity index (χ1) is 9.41. The Bertz CT molecular complexity index is 711. The molecular weight excluding hydrogens is 300 g/mol. The van der Waals surface area contributed by atoms with E-state index in [0.29, 0.717) is 0 Å². The van der Waals surface area contributed by atoms with E-state index in [1.54, 1.807) is 0 Å². The van der Waals surface area contributed by atoms with Gasteiger partial charge >= 0.3 is 0 Å². The summed E-state index contributed by atoms with van der Waals surface area (Å²) in [5.41, 5.74) is -0.240. The molecule has 0 aliphatic carbocycles. The molecule has 8 heteroatoms. The molecule has 0 saturated heterocycles. The number of thiophene rings is 1. The summed E-state index contributed by atoms with van der Waals surface area (Å²) in [7, 11) is -2.28. The van der Waals surface area contributed by atoms with Crippen molar-refractivity contribution < 1.29 is 13.3 Å². The molecule has 1 aromatic carbocycles. The lowest BCUT2D eigenvalue weighted by Gasteiger charge is -2.16. The highest BCUT2D eigenvalue weighted by Crippen LogP contribution is 2.22. The van der Waals surface area contributed by atoms with E-state index >= 15 is 0 Å². The van der Waals surface area contributed by atoms with Gasteiger partial charge in [-0.3, -0.25) is 10.1 Å². The molecule has 0 spiro atoms. The Morgan fingerprint density at radius 3 is 2.65 bits per heavy atom. The molecule has 6 nitrogen and oxygen atoms in total. The van der Waals surface area contributed by atoms with Gasteiger partial charge in [0.1, 0.15) is 0 Å². The maximum atomic E-state index is 12.3. The maximum Gasteiger partial charge on any atom is 0.270 e. The summed E-state index contributed by atoms with van der Waals surface area (Å²) in [4.78, 5) is 10.9. The molecule has 0 aliphatic rings. The first-order valence-corrected chi connectivity index (χ1v) is 7.96. The topological polar surface area (TPSA) is 80.5 Å². The molecule has 0 amide bonds. The third-order valence-corrected chi connectivity index (χ3v) is 5.36.